The standard InChI is InChI=1S/C4H7F2N.CH2O2/c5-4(6)1-2-7-3-4;2-1-3/h7H,1-3H2;1H,(H,2,3). The highest BCUT2D eigenvalue weighted by Gasteiger charge is 2.32. The molecule has 1 heterocycles. The van der Waals surface area contributed by atoms with E-state index in [1.165, 1.54) is 0 Å². The van der Waals surface area contributed by atoms with E-state index in [1.54, 1.807) is 0 Å². The van der Waals surface area contributed by atoms with Gasteiger partial charge in [-0.2, -0.15) is 0 Å². The number of alkyl halides is 2. The van der Waals surface area contributed by atoms with Gasteiger partial charge in [-0.3, -0.25) is 4.79 Å². The molecule has 0 aromatic carbocycles. The lowest BCUT2D eigenvalue weighted by Crippen LogP contribution is -2.18. The first-order valence-corrected chi connectivity index (χ1v) is 2.79. The van der Waals surface area contributed by atoms with Gasteiger partial charge in [-0.1, -0.05) is 0 Å². The predicted molar refractivity (Wildman–Crippen MR) is 31.1 cm³/mol. The molecular weight excluding hydrogens is 144 g/mol. The van der Waals surface area contributed by atoms with Crippen molar-refractivity contribution in [3.8, 4) is 0 Å². The summed E-state index contributed by atoms with van der Waals surface area (Å²) in [7, 11) is 0. The lowest BCUT2D eigenvalue weighted by atomic mass is 10.3. The van der Waals surface area contributed by atoms with E-state index in [1.807, 2.05) is 0 Å². The van der Waals surface area contributed by atoms with Crippen molar-refractivity contribution < 1.29 is 18.7 Å². The zero-order valence-electron chi connectivity index (χ0n) is 5.31. The summed E-state index contributed by atoms with van der Waals surface area (Å²) in [5.74, 6) is -2.42. The van der Waals surface area contributed by atoms with Crippen LogP contribution in [0.1, 0.15) is 6.42 Å². The van der Waals surface area contributed by atoms with E-state index in [9.17, 15) is 8.78 Å². The van der Waals surface area contributed by atoms with Gasteiger partial charge in [-0.05, 0) is 0 Å². The average molecular weight is 153 g/mol. The van der Waals surface area contributed by atoms with Gasteiger partial charge in [0.25, 0.3) is 12.4 Å². The predicted octanol–water partition coefficient (Wildman–Crippen LogP) is 0.316. The van der Waals surface area contributed by atoms with Crippen molar-refractivity contribution in [2.45, 2.75) is 12.3 Å². The molecular formula is C5H9F2NO2. The Hall–Kier alpha value is -0.710. The fourth-order valence-corrected chi connectivity index (χ4v) is 0.631. The number of hydrogen-bond acceptors (Lipinski definition) is 2. The summed E-state index contributed by atoms with van der Waals surface area (Å²) in [4.78, 5) is 8.36. The zero-order chi connectivity index (χ0) is 8.04. The summed E-state index contributed by atoms with van der Waals surface area (Å²) >= 11 is 0. The van der Waals surface area contributed by atoms with Crippen LogP contribution in [0.15, 0.2) is 0 Å². The molecule has 0 aliphatic carbocycles. The number of carbonyl (C=O) groups is 1. The second kappa shape index (κ2) is 4.16. The minimum Gasteiger partial charge on any atom is -0.483 e. The van der Waals surface area contributed by atoms with E-state index >= 15 is 0 Å². The molecule has 0 aromatic heterocycles. The summed E-state index contributed by atoms with van der Waals surface area (Å²) in [5.41, 5.74) is 0. The molecule has 1 aliphatic heterocycles. The molecule has 0 bridgehead atoms. The van der Waals surface area contributed by atoms with Crippen LogP contribution in [0.2, 0.25) is 0 Å². The molecule has 1 fully saturated rings. The van der Waals surface area contributed by atoms with Gasteiger partial charge in [-0.25, -0.2) is 8.78 Å². The molecule has 3 nitrogen and oxygen atoms in total. The van der Waals surface area contributed by atoms with Gasteiger partial charge in [0, 0.05) is 13.0 Å². The Balaban J connectivity index is 0.000000236. The Morgan fingerprint density at radius 2 is 2.10 bits per heavy atom. The molecule has 1 rings (SSSR count). The highest BCUT2D eigenvalue weighted by molar-refractivity contribution is 5.32. The van der Waals surface area contributed by atoms with Crippen molar-refractivity contribution in [1.29, 1.82) is 0 Å². The third kappa shape index (κ3) is 4.20. The van der Waals surface area contributed by atoms with Crippen LogP contribution < -0.4 is 5.32 Å². The van der Waals surface area contributed by atoms with E-state index in [0.29, 0.717) is 6.54 Å². The van der Waals surface area contributed by atoms with Crippen molar-refractivity contribution in [1.82, 2.24) is 5.32 Å². The third-order valence-corrected chi connectivity index (χ3v) is 1.05. The Bertz CT molecular complexity index is 99.8. The number of nitrogens with one attached hydrogen (secondary N) is 1. The van der Waals surface area contributed by atoms with Crippen LogP contribution in [0.25, 0.3) is 0 Å². The first-order valence-electron chi connectivity index (χ1n) is 2.79. The number of halogens is 2. The molecule has 5 heteroatoms. The number of rotatable bonds is 0. The summed E-state index contributed by atoms with van der Waals surface area (Å²) in [6.07, 6.45) is 0.00694. The molecule has 60 valence electrons. The van der Waals surface area contributed by atoms with Crippen molar-refractivity contribution in [2.75, 3.05) is 13.1 Å². The first-order chi connectivity index (χ1) is 4.62. The summed E-state index contributed by atoms with van der Waals surface area (Å²) in [5, 5.41) is 9.45. The van der Waals surface area contributed by atoms with Crippen molar-refractivity contribution in [2.24, 2.45) is 0 Å². The second-order valence-electron chi connectivity index (χ2n) is 1.89. The second-order valence-corrected chi connectivity index (χ2v) is 1.89. The van der Waals surface area contributed by atoms with Crippen LogP contribution in [-0.2, 0) is 4.79 Å². The van der Waals surface area contributed by atoms with Gasteiger partial charge >= 0.3 is 0 Å². The Morgan fingerprint density at radius 1 is 1.60 bits per heavy atom. The SMILES string of the molecule is FC1(F)CCNC1.O=CO. The van der Waals surface area contributed by atoms with Crippen molar-refractivity contribution in [3.63, 3.8) is 0 Å². The molecule has 1 saturated heterocycles. The monoisotopic (exact) mass is 153 g/mol. The molecule has 0 amide bonds. The average Bonchev–Trinajstić information content (AvgIpc) is 2.16. The maximum Gasteiger partial charge on any atom is 0.290 e. The molecule has 1 aliphatic rings. The van der Waals surface area contributed by atoms with Crippen LogP contribution >= 0.6 is 0 Å². The van der Waals surface area contributed by atoms with Crippen LogP contribution in [0.3, 0.4) is 0 Å². The minimum absolute atomic E-state index is 0.00694. The number of carboxylic acid groups (broad SMARTS) is 1. The van der Waals surface area contributed by atoms with Gasteiger partial charge in [-0.15, -0.1) is 0 Å². The molecule has 0 radical (unpaired) electrons. The van der Waals surface area contributed by atoms with E-state index in [2.05, 4.69) is 5.32 Å². The highest BCUT2D eigenvalue weighted by Crippen LogP contribution is 2.19. The van der Waals surface area contributed by atoms with Gasteiger partial charge in [0.05, 0.1) is 6.54 Å². The molecule has 0 saturated carbocycles. The fraction of sp³-hybridized carbons (Fsp3) is 0.800. The maximum absolute atomic E-state index is 11.9. The lowest BCUT2D eigenvalue weighted by molar-refractivity contribution is -0.122. The van der Waals surface area contributed by atoms with E-state index < -0.39 is 5.92 Å². The summed E-state index contributed by atoms with van der Waals surface area (Å²) in [6.45, 7) is 0.0833. The van der Waals surface area contributed by atoms with E-state index in [4.69, 9.17) is 9.90 Å². The molecule has 0 aromatic rings. The van der Waals surface area contributed by atoms with Crippen molar-refractivity contribution >= 4 is 6.47 Å². The Morgan fingerprint density at radius 3 is 2.20 bits per heavy atom. The molecule has 10 heavy (non-hydrogen) atoms. The normalized spacial score (nSPS) is 21.0. The largest absolute Gasteiger partial charge is 0.483 e. The van der Waals surface area contributed by atoms with Crippen LogP contribution in [0.4, 0.5) is 8.78 Å². The minimum atomic E-state index is -2.42. The van der Waals surface area contributed by atoms with Gasteiger partial charge in [0.1, 0.15) is 0 Å². The zero-order valence-corrected chi connectivity index (χ0v) is 5.31. The molecule has 2 N–H and O–H groups in total. The highest BCUT2D eigenvalue weighted by atomic mass is 19.3. The summed E-state index contributed by atoms with van der Waals surface area (Å²) < 4.78 is 23.8. The van der Waals surface area contributed by atoms with Gasteiger partial charge in [0.2, 0.25) is 0 Å². The van der Waals surface area contributed by atoms with E-state index in [0.717, 1.165) is 0 Å². The number of hydrogen-bond donors (Lipinski definition) is 2. The topological polar surface area (TPSA) is 49.3 Å². The van der Waals surface area contributed by atoms with Crippen LogP contribution in [0, 0.1) is 0 Å². The lowest BCUT2D eigenvalue weighted by Gasteiger charge is -2.02. The third-order valence-electron chi connectivity index (χ3n) is 1.05. The fourth-order valence-electron chi connectivity index (χ4n) is 0.631. The van der Waals surface area contributed by atoms with Crippen LogP contribution in [0.5, 0.6) is 0 Å². The smallest absolute Gasteiger partial charge is 0.290 e. The summed E-state index contributed by atoms with van der Waals surface area (Å²) in [6, 6.07) is 0. The van der Waals surface area contributed by atoms with Gasteiger partial charge < -0.3 is 10.4 Å². The van der Waals surface area contributed by atoms with Crippen molar-refractivity contribution in [3.05, 3.63) is 0 Å². The van der Waals surface area contributed by atoms with Gasteiger partial charge in [0.15, 0.2) is 0 Å². The quantitative estimate of drug-likeness (QED) is 0.492. The molecule has 0 unspecified atom stereocenters. The van der Waals surface area contributed by atoms with Crippen LogP contribution in [-0.4, -0.2) is 30.6 Å². The molecule has 0 atom stereocenters. The maximum atomic E-state index is 11.9. The molecule has 0 spiro atoms. The first kappa shape index (κ1) is 9.29. The van der Waals surface area contributed by atoms with E-state index in [-0.39, 0.29) is 19.4 Å². The Labute approximate surface area is 57.0 Å². The Kier molecular flexibility index (Phi) is 3.87.